The number of nitrogens with zero attached hydrogens (tertiary/aromatic N) is 2. The molecule has 1 heterocycles. The van der Waals surface area contributed by atoms with Gasteiger partial charge in [-0.15, -0.1) is 0 Å². The van der Waals surface area contributed by atoms with Crippen molar-refractivity contribution >= 4 is 23.4 Å². The van der Waals surface area contributed by atoms with Crippen LogP contribution in [-0.4, -0.2) is 46.3 Å². The molecule has 0 saturated heterocycles. The zero-order chi connectivity index (χ0) is 14.4. The van der Waals surface area contributed by atoms with E-state index in [0.29, 0.717) is 0 Å². The van der Waals surface area contributed by atoms with Crippen LogP contribution in [0.25, 0.3) is 0 Å². The molecule has 0 amide bonds. The largest absolute Gasteiger partial charge is 0.395 e. The van der Waals surface area contributed by atoms with Crippen LogP contribution in [0.2, 0.25) is 0 Å². The van der Waals surface area contributed by atoms with Gasteiger partial charge in [0.25, 0.3) is 0 Å². The van der Waals surface area contributed by atoms with Crippen LogP contribution in [0.4, 0.5) is 11.6 Å². The third-order valence-electron chi connectivity index (χ3n) is 2.93. The van der Waals surface area contributed by atoms with Crippen molar-refractivity contribution in [2.45, 2.75) is 38.0 Å². The second-order valence-corrected chi connectivity index (χ2v) is 5.87. The lowest BCUT2D eigenvalue weighted by Gasteiger charge is -2.22. The summed E-state index contributed by atoms with van der Waals surface area (Å²) in [6, 6.07) is 2.02. The van der Waals surface area contributed by atoms with E-state index in [1.807, 2.05) is 26.3 Å². The highest BCUT2D eigenvalue weighted by Gasteiger charge is 2.16. The molecule has 0 spiro atoms. The molecule has 2 atom stereocenters. The summed E-state index contributed by atoms with van der Waals surface area (Å²) in [5, 5.41) is 15.8. The molecule has 0 aliphatic carbocycles. The van der Waals surface area contributed by atoms with E-state index in [0.717, 1.165) is 17.5 Å². The maximum absolute atomic E-state index is 9.31. The van der Waals surface area contributed by atoms with Crippen LogP contribution in [0, 0.1) is 0 Å². The Morgan fingerprint density at radius 1 is 1.26 bits per heavy atom. The molecule has 0 radical (unpaired) electrons. The monoisotopic (exact) mass is 284 g/mol. The fourth-order valence-corrected chi connectivity index (χ4v) is 2.31. The van der Waals surface area contributed by atoms with Gasteiger partial charge in [-0.05, 0) is 13.2 Å². The minimum atomic E-state index is 0.139. The molecular formula is C13H24N4OS. The van der Waals surface area contributed by atoms with Crippen molar-refractivity contribution in [2.24, 2.45) is 0 Å². The van der Waals surface area contributed by atoms with Gasteiger partial charge >= 0.3 is 0 Å². The number of hydrogen-bond donors (Lipinski definition) is 3. The third-order valence-corrected chi connectivity index (χ3v) is 4.09. The highest BCUT2D eigenvalue weighted by Crippen LogP contribution is 2.19. The number of rotatable bonds is 7. The molecule has 6 heteroatoms. The SMILES string of the molecule is CNc1cc(NC(C)C(CO)SC)nc(C(C)C)n1. The first kappa shape index (κ1) is 16.0. The average Bonchev–Trinajstić information content (AvgIpc) is 2.39. The van der Waals surface area contributed by atoms with Crippen LogP contribution in [0.5, 0.6) is 0 Å². The summed E-state index contributed by atoms with van der Waals surface area (Å²) in [6.45, 7) is 6.34. The van der Waals surface area contributed by atoms with Crippen LogP contribution < -0.4 is 10.6 Å². The predicted molar refractivity (Wildman–Crippen MR) is 83.1 cm³/mol. The van der Waals surface area contributed by atoms with E-state index in [-0.39, 0.29) is 23.8 Å². The Kier molecular flexibility index (Phi) is 6.37. The van der Waals surface area contributed by atoms with Gasteiger partial charge in [-0.1, -0.05) is 13.8 Å². The normalized spacial score (nSPS) is 14.3. The topological polar surface area (TPSA) is 70.1 Å². The lowest BCUT2D eigenvalue weighted by atomic mass is 10.2. The molecule has 1 rings (SSSR count). The van der Waals surface area contributed by atoms with Crippen LogP contribution in [0.15, 0.2) is 6.07 Å². The highest BCUT2D eigenvalue weighted by atomic mass is 32.2. The Balaban J connectivity index is 2.90. The summed E-state index contributed by atoms with van der Waals surface area (Å²) in [7, 11) is 1.85. The first-order chi connectivity index (χ1) is 9.01. The Morgan fingerprint density at radius 2 is 1.89 bits per heavy atom. The van der Waals surface area contributed by atoms with Gasteiger partial charge in [-0.25, -0.2) is 9.97 Å². The molecular weight excluding hydrogens is 260 g/mol. The lowest BCUT2D eigenvalue weighted by Crippen LogP contribution is -2.31. The summed E-state index contributed by atoms with van der Waals surface area (Å²) in [5.41, 5.74) is 0. The second kappa shape index (κ2) is 7.55. The molecule has 108 valence electrons. The zero-order valence-corrected chi connectivity index (χ0v) is 13.1. The molecule has 2 unspecified atom stereocenters. The number of nitrogens with one attached hydrogen (secondary N) is 2. The maximum atomic E-state index is 9.31. The highest BCUT2D eigenvalue weighted by molar-refractivity contribution is 7.99. The van der Waals surface area contributed by atoms with Gasteiger partial charge in [0.15, 0.2) is 0 Å². The van der Waals surface area contributed by atoms with Crippen LogP contribution in [0.1, 0.15) is 32.5 Å². The first-order valence-corrected chi connectivity index (χ1v) is 7.77. The molecule has 1 aromatic heterocycles. The summed E-state index contributed by atoms with van der Waals surface area (Å²) < 4.78 is 0. The summed E-state index contributed by atoms with van der Waals surface area (Å²) in [6.07, 6.45) is 2.00. The van der Waals surface area contributed by atoms with E-state index < -0.39 is 0 Å². The molecule has 0 aromatic carbocycles. The fourth-order valence-electron chi connectivity index (χ4n) is 1.69. The molecule has 5 nitrogen and oxygen atoms in total. The average molecular weight is 284 g/mol. The standard InChI is InChI=1S/C13H24N4OS/c1-8(2)13-16-11(14-4)6-12(17-13)15-9(3)10(7-18)19-5/h6,8-10,18H,7H2,1-5H3,(H2,14,15,16,17). The molecule has 0 fully saturated rings. The van der Waals surface area contributed by atoms with E-state index in [2.05, 4.69) is 34.4 Å². The zero-order valence-electron chi connectivity index (χ0n) is 12.3. The maximum Gasteiger partial charge on any atom is 0.135 e. The van der Waals surface area contributed by atoms with Crippen molar-refractivity contribution < 1.29 is 5.11 Å². The van der Waals surface area contributed by atoms with Crippen molar-refractivity contribution in [3.8, 4) is 0 Å². The number of hydrogen-bond acceptors (Lipinski definition) is 6. The van der Waals surface area contributed by atoms with Crippen LogP contribution in [0.3, 0.4) is 0 Å². The van der Waals surface area contributed by atoms with E-state index in [1.165, 1.54) is 0 Å². The molecule has 1 aromatic rings. The minimum Gasteiger partial charge on any atom is -0.395 e. The number of aliphatic hydroxyl groups is 1. The van der Waals surface area contributed by atoms with Gasteiger partial charge < -0.3 is 15.7 Å². The van der Waals surface area contributed by atoms with E-state index >= 15 is 0 Å². The van der Waals surface area contributed by atoms with Gasteiger partial charge in [0.2, 0.25) is 0 Å². The molecule has 0 bridgehead atoms. The fraction of sp³-hybridized carbons (Fsp3) is 0.692. The Hall–Kier alpha value is -1.01. The Morgan fingerprint density at radius 3 is 2.37 bits per heavy atom. The van der Waals surface area contributed by atoms with Crippen molar-refractivity contribution in [3.05, 3.63) is 11.9 Å². The van der Waals surface area contributed by atoms with Crippen LogP contribution in [-0.2, 0) is 0 Å². The van der Waals surface area contributed by atoms with Crippen molar-refractivity contribution in [3.63, 3.8) is 0 Å². The first-order valence-electron chi connectivity index (χ1n) is 6.48. The van der Waals surface area contributed by atoms with Gasteiger partial charge in [-0.3, -0.25) is 0 Å². The van der Waals surface area contributed by atoms with E-state index in [4.69, 9.17) is 0 Å². The summed E-state index contributed by atoms with van der Waals surface area (Å²) >= 11 is 1.65. The molecule has 3 N–H and O–H groups in total. The molecule has 0 aliphatic rings. The second-order valence-electron chi connectivity index (χ2n) is 4.79. The summed E-state index contributed by atoms with van der Waals surface area (Å²) in [5.74, 6) is 2.69. The number of aromatic nitrogens is 2. The number of aliphatic hydroxyl groups excluding tert-OH is 1. The summed E-state index contributed by atoms with van der Waals surface area (Å²) in [4.78, 5) is 8.95. The predicted octanol–water partition coefficient (Wildman–Crippen LogP) is 2.17. The van der Waals surface area contributed by atoms with Gasteiger partial charge in [0, 0.05) is 30.3 Å². The number of anilines is 2. The Bertz CT molecular complexity index is 396. The van der Waals surface area contributed by atoms with Crippen molar-refractivity contribution in [1.29, 1.82) is 0 Å². The number of thioether (sulfide) groups is 1. The van der Waals surface area contributed by atoms with E-state index in [9.17, 15) is 5.11 Å². The molecule has 0 aliphatic heterocycles. The van der Waals surface area contributed by atoms with Gasteiger partial charge in [0.1, 0.15) is 17.5 Å². The van der Waals surface area contributed by atoms with Gasteiger partial charge in [0.05, 0.1) is 6.61 Å². The van der Waals surface area contributed by atoms with E-state index in [1.54, 1.807) is 11.8 Å². The van der Waals surface area contributed by atoms with Gasteiger partial charge in [-0.2, -0.15) is 11.8 Å². The quantitative estimate of drug-likeness (QED) is 0.713. The van der Waals surface area contributed by atoms with Crippen molar-refractivity contribution in [2.75, 3.05) is 30.5 Å². The van der Waals surface area contributed by atoms with Crippen LogP contribution >= 0.6 is 11.8 Å². The third kappa shape index (κ3) is 4.54. The molecule has 19 heavy (non-hydrogen) atoms. The molecule has 0 saturated carbocycles. The Labute approximate surface area is 119 Å². The van der Waals surface area contributed by atoms with Crippen molar-refractivity contribution in [1.82, 2.24) is 9.97 Å². The smallest absolute Gasteiger partial charge is 0.135 e. The minimum absolute atomic E-state index is 0.139. The lowest BCUT2D eigenvalue weighted by molar-refractivity contribution is 0.288.